The number of aromatic nitrogens is 2. The van der Waals surface area contributed by atoms with Gasteiger partial charge < -0.3 is 24.8 Å². The molecule has 0 radical (unpaired) electrons. The number of carbonyl (C=O) groups is 2. The van der Waals surface area contributed by atoms with E-state index in [9.17, 15) is 27.9 Å². The van der Waals surface area contributed by atoms with Gasteiger partial charge in [0.15, 0.2) is 11.4 Å². The molecular formula is C36H35F3N4O5S. The number of hydrogen-bond acceptors (Lipinski definition) is 8. The molecule has 1 aromatic heterocycles. The molecule has 2 amide bonds. The average Bonchev–Trinajstić information content (AvgIpc) is 3.63. The van der Waals surface area contributed by atoms with E-state index < -0.39 is 30.3 Å². The number of ether oxygens (including phenoxy) is 2. The van der Waals surface area contributed by atoms with Gasteiger partial charge in [-0.1, -0.05) is 72.4 Å². The van der Waals surface area contributed by atoms with Crippen LogP contribution >= 0.6 is 11.8 Å². The summed E-state index contributed by atoms with van der Waals surface area (Å²) in [6.07, 6.45) is -1.60. The van der Waals surface area contributed by atoms with Crippen LogP contribution in [0, 0.1) is 0 Å². The third-order valence-electron chi connectivity index (χ3n) is 8.50. The van der Waals surface area contributed by atoms with Gasteiger partial charge in [-0.15, -0.1) is 0 Å². The van der Waals surface area contributed by atoms with Crippen molar-refractivity contribution >= 4 is 23.6 Å². The molecule has 13 heteroatoms. The number of halogens is 3. The van der Waals surface area contributed by atoms with Crippen LogP contribution in [0.5, 0.6) is 0 Å². The van der Waals surface area contributed by atoms with Gasteiger partial charge in [-0.25, -0.2) is 9.97 Å². The smallest absolute Gasteiger partial charge is 0.392 e. The number of benzene rings is 3. The lowest BCUT2D eigenvalue weighted by molar-refractivity contribution is -0.245. The normalized spacial score (nSPS) is 21.0. The number of nitrogens with one attached hydrogen (secondary N) is 1. The number of nitrogens with zero attached hydrogens (tertiary/aromatic N) is 3. The number of carbonyl (C=O) groups excluding carboxylic acids is 2. The zero-order chi connectivity index (χ0) is 34.4. The lowest BCUT2D eigenvalue weighted by Crippen LogP contribution is -2.50. The molecule has 0 spiro atoms. The topological polar surface area (TPSA) is 114 Å². The minimum atomic E-state index is -5.02. The van der Waals surface area contributed by atoms with E-state index >= 15 is 0 Å². The van der Waals surface area contributed by atoms with E-state index in [0.717, 1.165) is 33.4 Å². The molecule has 6 rings (SSSR count). The highest BCUT2D eigenvalue weighted by Crippen LogP contribution is 2.40. The summed E-state index contributed by atoms with van der Waals surface area (Å²) in [5.74, 6) is -1.98. The molecule has 4 aromatic rings. The first-order valence-corrected chi connectivity index (χ1v) is 16.9. The standard InChI is InChI=1S/C36H35F3N4O5S/c37-36(38,39)34(46)43-16-3-9-30(43)32(45)42-20-24-5-1-6-26(17-24)27-7-2-8-28(18-27)33-47-29(22-49-35-40-14-4-15-41-35)19-31(48-33)25-12-10-23(21-44)11-13-25/h1-2,4-8,10-15,17-18,29-31,33,44H,3,9,16,19-22H2,(H,42,45)/t29-,30+,31+,33+/m1/s1. The van der Waals surface area contributed by atoms with Crippen LogP contribution in [0.3, 0.4) is 0 Å². The summed E-state index contributed by atoms with van der Waals surface area (Å²) in [4.78, 5) is 33.9. The molecule has 9 nitrogen and oxygen atoms in total. The van der Waals surface area contributed by atoms with Crippen LogP contribution in [0.2, 0.25) is 0 Å². The lowest BCUT2D eigenvalue weighted by Gasteiger charge is -2.36. The molecule has 0 unspecified atom stereocenters. The molecule has 49 heavy (non-hydrogen) atoms. The summed E-state index contributed by atoms with van der Waals surface area (Å²) in [7, 11) is 0. The minimum Gasteiger partial charge on any atom is -0.392 e. The molecule has 2 aliphatic heterocycles. The fraction of sp³-hybridized carbons (Fsp3) is 0.333. The molecule has 0 aliphatic carbocycles. The number of amides is 2. The predicted octanol–water partition coefficient (Wildman–Crippen LogP) is 6.14. The van der Waals surface area contributed by atoms with E-state index in [1.165, 1.54) is 11.8 Å². The third kappa shape index (κ3) is 8.66. The largest absolute Gasteiger partial charge is 0.471 e. The maximum absolute atomic E-state index is 13.0. The van der Waals surface area contributed by atoms with Gasteiger partial charge in [0, 0.05) is 43.2 Å². The quantitative estimate of drug-likeness (QED) is 0.151. The summed E-state index contributed by atoms with van der Waals surface area (Å²) in [5, 5.41) is 12.9. The van der Waals surface area contributed by atoms with Gasteiger partial charge >= 0.3 is 12.1 Å². The van der Waals surface area contributed by atoms with E-state index in [1.54, 1.807) is 18.5 Å². The van der Waals surface area contributed by atoms with Crippen LogP contribution in [0.4, 0.5) is 13.2 Å². The number of rotatable bonds is 10. The Hall–Kier alpha value is -4.30. The monoisotopic (exact) mass is 692 g/mol. The Balaban J connectivity index is 1.16. The highest BCUT2D eigenvalue weighted by molar-refractivity contribution is 7.99. The maximum Gasteiger partial charge on any atom is 0.471 e. The van der Waals surface area contributed by atoms with Crippen molar-refractivity contribution in [2.24, 2.45) is 0 Å². The van der Waals surface area contributed by atoms with Crippen molar-refractivity contribution in [1.29, 1.82) is 0 Å². The average molecular weight is 693 g/mol. The summed E-state index contributed by atoms with van der Waals surface area (Å²) in [6.45, 7) is -0.0578. The minimum absolute atomic E-state index is 0.0453. The van der Waals surface area contributed by atoms with Crippen molar-refractivity contribution in [3.8, 4) is 11.1 Å². The Kier molecular flexibility index (Phi) is 10.9. The van der Waals surface area contributed by atoms with Crippen LogP contribution in [-0.2, 0) is 32.2 Å². The highest BCUT2D eigenvalue weighted by Gasteiger charge is 2.47. The fourth-order valence-corrected chi connectivity index (χ4v) is 6.85. The summed E-state index contributed by atoms with van der Waals surface area (Å²) >= 11 is 1.51. The van der Waals surface area contributed by atoms with Crippen molar-refractivity contribution in [3.05, 3.63) is 114 Å². The van der Waals surface area contributed by atoms with Gasteiger partial charge in [0.25, 0.3) is 0 Å². The number of aliphatic hydroxyl groups excluding tert-OH is 1. The fourth-order valence-electron chi connectivity index (χ4n) is 6.03. The molecule has 2 fully saturated rings. The molecule has 2 N–H and O–H groups in total. The van der Waals surface area contributed by atoms with Crippen molar-refractivity contribution in [2.75, 3.05) is 12.3 Å². The number of thioether (sulfide) groups is 1. The first-order valence-electron chi connectivity index (χ1n) is 15.9. The SMILES string of the molecule is O=C(NCc1cccc(-c2cccc([C@H]3O[C@@H](CSc4ncccn4)C[C@@H](c4ccc(CO)cc4)O3)c2)c1)[C@@H]1CCCN1C(=O)C(F)(F)F. The van der Waals surface area contributed by atoms with Gasteiger partial charge in [0.2, 0.25) is 5.91 Å². The highest BCUT2D eigenvalue weighted by atomic mass is 32.2. The first-order chi connectivity index (χ1) is 23.7. The number of aliphatic hydroxyl groups is 1. The second kappa shape index (κ2) is 15.5. The molecule has 0 saturated carbocycles. The van der Waals surface area contributed by atoms with Gasteiger partial charge in [-0.2, -0.15) is 13.2 Å². The Labute approximate surface area is 285 Å². The van der Waals surface area contributed by atoms with Crippen molar-refractivity contribution in [1.82, 2.24) is 20.2 Å². The predicted molar refractivity (Wildman–Crippen MR) is 176 cm³/mol. The second-order valence-corrected chi connectivity index (χ2v) is 12.9. The Morgan fingerprint density at radius 2 is 1.65 bits per heavy atom. The van der Waals surface area contributed by atoms with Gasteiger partial charge in [0.05, 0.1) is 18.8 Å². The van der Waals surface area contributed by atoms with E-state index in [-0.39, 0.29) is 38.3 Å². The van der Waals surface area contributed by atoms with E-state index in [0.29, 0.717) is 28.7 Å². The Bertz CT molecular complexity index is 1740. The number of alkyl halides is 3. The molecule has 256 valence electrons. The number of hydrogen-bond donors (Lipinski definition) is 2. The molecule has 0 bridgehead atoms. The van der Waals surface area contributed by atoms with E-state index in [4.69, 9.17) is 9.47 Å². The van der Waals surface area contributed by atoms with Crippen LogP contribution in [0.25, 0.3) is 11.1 Å². The summed E-state index contributed by atoms with van der Waals surface area (Å²) < 4.78 is 52.1. The van der Waals surface area contributed by atoms with Crippen LogP contribution in [0.1, 0.15) is 53.9 Å². The second-order valence-electron chi connectivity index (χ2n) is 11.9. The summed E-state index contributed by atoms with van der Waals surface area (Å²) in [6, 6.07) is 23.6. The first kappa shape index (κ1) is 34.6. The molecule has 4 atom stereocenters. The zero-order valence-electron chi connectivity index (χ0n) is 26.4. The van der Waals surface area contributed by atoms with Crippen LogP contribution in [-0.4, -0.2) is 62.4 Å². The van der Waals surface area contributed by atoms with E-state index in [2.05, 4.69) is 15.3 Å². The number of likely N-dealkylation sites (tertiary alicyclic amines) is 1. The van der Waals surface area contributed by atoms with Crippen LogP contribution in [0.15, 0.2) is 96.4 Å². The van der Waals surface area contributed by atoms with Crippen LogP contribution < -0.4 is 5.32 Å². The Morgan fingerprint density at radius 1 is 0.918 bits per heavy atom. The van der Waals surface area contributed by atoms with Crippen molar-refractivity contribution in [3.63, 3.8) is 0 Å². The molecule has 2 aliphatic rings. The Morgan fingerprint density at radius 3 is 2.39 bits per heavy atom. The zero-order valence-corrected chi connectivity index (χ0v) is 27.2. The lowest BCUT2D eigenvalue weighted by atomic mass is 9.99. The molecular weight excluding hydrogens is 657 g/mol. The molecule has 3 aromatic carbocycles. The van der Waals surface area contributed by atoms with Gasteiger partial charge in [0.1, 0.15) is 6.04 Å². The maximum atomic E-state index is 13.0. The van der Waals surface area contributed by atoms with Gasteiger partial charge in [-0.3, -0.25) is 9.59 Å². The van der Waals surface area contributed by atoms with E-state index in [1.807, 2.05) is 72.8 Å². The third-order valence-corrected chi connectivity index (χ3v) is 9.51. The molecule has 3 heterocycles. The summed E-state index contributed by atoms with van der Waals surface area (Å²) in [5.41, 5.74) is 5.10. The van der Waals surface area contributed by atoms with Gasteiger partial charge in [-0.05, 0) is 58.9 Å². The van der Waals surface area contributed by atoms with Crippen molar-refractivity contribution < 1.29 is 37.3 Å². The molecule has 2 saturated heterocycles. The van der Waals surface area contributed by atoms with Crippen molar-refractivity contribution in [2.45, 2.75) is 68.3 Å².